The summed E-state index contributed by atoms with van der Waals surface area (Å²) in [5, 5.41) is 17.0. The van der Waals surface area contributed by atoms with Crippen LogP contribution in [0.1, 0.15) is 18.5 Å². The average molecular weight is 273 g/mol. The van der Waals surface area contributed by atoms with Crippen LogP contribution in [-0.4, -0.2) is 44.7 Å². The number of H-pyrrole nitrogens is 1. The Labute approximate surface area is 115 Å². The van der Waals surface area contributed by atoms with Gasteiger partial charge in [-0.1, -0.05) is 18.2 Å². The molecular weight excluding hydrogens is 258 g/mol. The maximum absolute atomic E-state index is 12.3. The molecule has 1 aromatic carbocycles. The van der Waals surface area contributed by atoms with Crippen molar-refractivity contribution in [2.45, 2.75) is 25.3 Å². The molecule has 6 nitrogen and oxygen atoms in total. The third-order valence-corrected chi connectivity index (χ3v) is 3.73. The first kappa shape index (κ1) is 12.7. The first-order valence-corrected chi connectivity index (χ1v) is 6.61. The summed E-state index contributed by atoms with van der Waals surface area (Å²) in [6, 6.07) is 6.87. The van der Waals surface area contributed by atoms with Crippen molar-refractivity contribution in [2.75, 3.05) is 6.54 Å². The summed E-state index contributed by atoms with van der Waals surface area (Å²) in [5.41, 5.74) is 1.55. The predicted octanol–water partition coefficient (Wildman–Crippen LogP) is 1.18. The summed E-state index contributed by atoms with van der Waals surface area (Å²) in [6.45, 7) is 0.516. The van der Waals surface area contributed by atoms with Gasteiger partial charge in [0.15, 0.2) is 0 Å². The van der Waals surface area contributed by atoms with E-state index in [1.807, 2.05) is 24.3 Å². The van der Waals surface area contributed by atoms with Crippen LogP contribution in [0.25, 0.3) is 10.9 Å². The van der Waals surface area contributed by atoms with Crippen LogP contribution < -0.4 is 0 Å². The lowest BCUT2D eigenvalue weighted by Crippen LogP contribution is -2.41. The molecular formula is C14H15N3O3. The molecule has 1 fully saturated rings. The zero-order valence-electron chi connectivity index (χ0n) is 10.9. The molecule has 1 aromatic heterocycles. The van der Waals surface area contributed by atoms with E-state index in [0.29, 0.717) is 13.0 Å². The Morgan fingerprint density at radius 1 is 1.40 bits per heavy atom. The SMILES string of the molecule is O=C(O)[C@H]1CCCN1C(=O)Cc1[nH]nc2ccccc12. The summed E-state index contributed by atoms with van der Waals surface area (Å²) in [5.74, 6) is -1.09. The molecule has 0 radical (unpaired) electrons. The molecule has 1 atom stereocenters. The summed E-state index contributed by atoms with van der Waals surface area (Å²) in [4.78, 5) is 24.9. The molecule has 0 bridgehead atoms. The highest BCUT2D eigenvalue weighted by Crippen LogP contribution is 2.21. The number of fused-ring (bicyclic) bond motifs is 1. The van der Waals surface area contributed by atoms with Crippen molar-refractivity contribution in [2.24, 2.45) is 0 Å². The largest absolute Gasteiger partial charge is 0.480 e. The van der Waals surface area contributed by atoms with Gasteiger partial charge in [0.25, 0.3) is 0 Å². The van der Waals surface area contributed by atoms with Crippen LogP contribution in [0.2, 0.25) is 0 Å². The minimum absolute atomic E-state index is 0.157. The van der Waals surface area contributed by atoms with E-state index in [0.717, 1.165) is 23.0 Å². The van der Waals surface area contributed by atoms with Gasteiger partial charge in [0.2, 0.25) is 5.91 Å². The van der Waals surface area contributed by atoms with Gasteiger partial charge in [-0.05, 0) is 18.9 Å². The molecule has 1 aliphatic rings. The lowest BCUT2D eigenvalue weighted by molar-refractivity contribution is -0.148. The standard InChI is InChI=1S/C14H15N3O3/c18-13(17-7-3-6-12(17)14(19)20)8-11-9-4-1-2-5-10(9)15-16-11/h1-2,4-5,12H,3,6-8H2,(H,15,16)(H,19,20)/t12-/m1/s1. The number of aromatic nitrogens is 2. The van der Waals surface area contributed by atoms with Crippen molar-refractivity contribution >= 4 is 22.8 Å². The van der Waals surface area contributed by atoms with Crippen LogP contribution in [0.5, 0.6) is 0 Å². The second-order valence-corrected chi connectivity index (χ2v) is 4.98. The van der Waals surface area contributed by atoms with Crippen LogP contribution in [-0.2, 0) is 16.0 Å². The Balaban J connectivity index is 1.80. The molecule has 2 aromatic rings. The summed E-state index contributed by atoms with van der Waals surface area (Å²) >= 11 is 0. The van der Waals surface area contributed by atoms with E-state index in [4.69, 9.17) is 5.11 Å². The molecule has 2 N–H and O–H groups in total. The Kier molecular flexibility index (Phi) is 3.14. The van der Waals surface area contributed by atoms with Gasteiger partial charge in [-0.25, -0.2) is 4.79 Å². The number of likely N-dealkylation sites (tertiary alicyclic amines) is 1. The molecule has 0 unspecified atom stereocenters. The maximum atomic E-state index is 12.3. The van der Waals surface area contributed by atoms with Crippen LogP contribution in [0.15, 0.2) is 24.3 Å². The van der Waals surface area contributed by atoms with E-state index in [1.54, 1.807) is 0 Å². The zero-order valence-corrected chi connectivity index (χ0v) is 10.9. The summed E-state index contributed by atoms with van der Waals surface area (Å²) < 4.78 is 0. The molecule has 0 aliphatic carbocycles. The van der Waals surface area contributed by atoms with Crippen LogP contribution in [0, 0.1) is 0 Å². The molecule has 2 heterocycles. The molecule has 0 saturated carbocycles. The maximum Gasteiger partial charge on any atom is 0.326 e. The number of carbonyl (C=O) groups is 2. The number of carboxylic acid groups (broad SMARTS) is 1. The number of para-hydroxylation sites is 1. The number of hydrogen-bond donors (Lipinski definition) is 2. The van der Waals surface area contributed by atoms with Gasteiger partial charge >= 0.3 is 5.97 Å². The van der Waals surface area contributed by atoms with Crippen LogP contribution in [0.3, 0.4) is 0 Å². The highest BCUT2D eigenvalue weighted by molar-refractivity contribution is 5.89. The van der Waals surface area contributed by atoms with Gasteiger partial charge < -0.3 is 10.0 Å². The third-order valence-electron chi connectivity index (χ3n) is 3.73. The zero-order chi connectivity index (χ0) is 14.1. The fraction of sp³-hybridized carbons (Fsp3) is 0.357. The summed E-state index contributed by atoms with van der Waals surface area (Å²) in [7, 11) is 0. The fourth-order valence-electron chi connectivity index (χ4n) is 2.72. The Hall–Kier alpha value is -2.37. The molecule has 6 heteroatoms. The van der Waals surface area contributed by atoms with Crippen LogP contribution >= 0.6 is 0 Å². The number of nitrogens with one attached hydrogen (secondary N) is 1. The van der Waals surface area contributed by atoms with Crippen molar-refractivity contribution < 1.29 is 14.7 Å². The van der Waals surface area contributed by atoms with Gasteiger partial charge in [-0.2, -0.15) is 5.10 Å². The van der Waals surface area contributed by atoms with Crippen molar-refractivity contribution in [3.8, 4) is 0 Å². The van der Waals surface area contributed by atoms with Gasteiger partial charge in [-0.3, -0.25) is 9.89 Å². The molecule has 1 aliphatic heterocycles. The van der Waals surface area contributed by atoms with Gasteiger partial charge in [0, 0.05) is 11.9 Å². The Morgan fingerprint density at radius 3 is 3.00 bits per heavy atom. The van der Waals surface area contributed by atoms with E-state index in [2.05, 4.69) is 10.2 Å². The number of rotatable bonds is 3. The molecule has 20 heavy (non-hydrogen) atoms. The number of carboxylic acids is 1. The smallest absolute Gasteiger partial charge is 0.326 e. The second-order valence-electron chi connectivity index (χ2n) is 4.98. The number of aliphatic carboxylic acids is 1. The minimum atomic E-state index is -0.926. The Morgan fingerprint density at radius 2 is 2.20 bits per heavy atom. The number of aromatic amines is 1. The number of hydrogen-bond acceptors (Lipinski definition) is 3. The number of amides is 1. The second kappa shape index (κ2) is 4.96. The van der Waals surface area contributed by atoms with Gasteiger partial charge in [-0.15, -0.1) is 0 Å². The lowest BCUT2D eigenvalue weighted by Gasteiger charge is -2.21. The van der Waals surface area contributed by atoms with E-state index >= 15 is 0 Å². The van der Waals surface area contributed by atoms with E-state index < -0.39 is 12.0 Å². The normalized spacial score (nSPS) is 18.6. The topological polar surface area (TPSA) is 86.3 Å². The van der Waals surface area contributed by atoms with Crippen molar-refractivity contribution in [1.82, 2.24) is 15.1 Å². The number of carbonyl (C=O) groups excluding carboxylic acids is 1. The van der Waals surface area contributed by atoms with Crippen molar-refractivity contribution in [1.29, 1.82) is 0 Å². The molecule has 3 rings (SSSR count). The van der Waals surface area contributed by atoms with Gasteiger partial charge in [0.05, 0.1) is 17.6 Å². The molecule has 1 amide bonds. The molecule has 1 saturated heterocycles. The lowest BCUT2D eigenvalue weighted by atomic mass is 10.1. The first-order chi connectivity index (χ1) is 9.66. The monoisotopic (exact) mass is 273 g/mol. The summed E-state index contributed by atoms with van der Waals surface area (Å²) in [6.07, 6.45) is 1.43. The van der Waals surface area contributed by atoms with E-state index in [9.17, 15) is 9.59 Å². The highest BCUT2D eigenvalue weighted by atomic mass is 16.4. The van der Waals surface area contributed by atoms with Crippen LogP contribution in [0.4, 0.5) is 0 Å². The van der Waals surface area contributed by atoms with Crippen molar-refractivity contribution in [3.63, 3.8) is 0 Å². The highest BCUT2D eigenvalue weighted by Gasteiger charge is 2.34. The molecule has 0 spiro atoms. The first-order valence-electron chi connectivity index (χ1n) is 6.61. The fourth-order valence-corrected chi connectivity index (χ4v) is 2.72. The third kappa shape index (κ3) is 2.13. The van der Waals surface area contributed by atoms with Crippen molar-refractivity contribution in [3.05, 3.63) is 30.0 Å². The average Bonchev–Trinajstić information content (AvgIpc) is 3.06. The van der Waals surface area contributed by atoms with Gasteiger partial charge in [0.1, 0.15) is 6.04 Å². The minimum Gasteiger partial charge on any atom is -0.480 e. The van der Waals surface area contributed by atoms with E-state index in [1.165, 1.54) is 4.90 Å². The Bertz CT molecular complexity index is 664. The number of benzene rings is 1. The number of nitrogens with zero attached hydrogens (tertiary/aromatic N) is 2. The predicted molar refractivity (Wildman–Crippen MR) is 72.2 cm³/mol. The quantitative estimate of drug-likeness (QED) is 0.879. The van der Waals surface area contributed by atoms with E-state index in [-0.39, 0.29) is 12.3 Å². The molecule has 104 valence electrons.